The third-order valence-corrected chi connectivity index (χ3v) is 4.25. The average molecular weight is 252 g/mol. The van der Waals surface area contributed by atoms with Crippen LogP contribution in [-0.4, -0.2) is 35.3 Å². The zero-order chi connectivity index (χ0) is 13.3. The Morgan fingerprint density at radius 3 is 2.50 bits per heavy atom. The molecule has 1 heterocycles. The van der Waals surface area contributed by atoms with E-state index in [-0.39, 0.29) is 29.8 Å². The number of hydrogen-bond donors (Lipinski definition) is 1. The number of amides is 2. The van der Waals surface area contributed by atoms with Crippen molar-refractivity contribution in [2.75, 3.05) is 6.54 Å². The van der Waals surface area contributed by atoms with Crippen molar-refractivity contribution in [3.8, 4) is 0 Å². The summed E-state index contributed by atoms with van der Waals surface area (Å²) in [4.78, 5) is 26.1. The smallest absolute Gasteiger partial charge is 0.245 e. The van der Waals surface area contributed by atoms with Crippen LogP contribution < -0.4 is 5.32 Å². The van der Waals surface area contributed by atoms with Gasteiger partial charge in [0, 0.05) is 6.54 Å². The van der Waals surface area contributed by atoms with E-state index < -0.39 is 0 Å². The molecule has 0 bridgehead atoms. The summed E-state index contributed by atoms with van der Waals surface area (Å²) in [6.45, 7) is 6.52. The van der Waals surface area contributed by atoms with Gasteiger partial charge in [-0.25, -0.2) is 0 Å². The predicted octanol–water partition coefficient (Wildman–Crippen LogP) is 1.55. The van der Waals surface area contributed by atoms with Gasteiger partial charge in [0.2, 0.25) is 11.8 Å². The van der Waals surface area contributed by atoms with Gasteiger partial charge < -0.3 is 10.2 Å². The Labute approximate surface area is 109 Å². The molecule has 1 N–H and O–H groups in total. The van der Waals surface area contributed by atoms with Crippen molar-refractivity contribution in [3.63, 3.8) is 0 Å². The maximum absolute atomic E-state index is 12.2. The maximum atomic E-state index is 12.2. The van der Waals surface area contributed by atoms with Gasteiger partial charge in [0.15, 0.2) is 0 Å². The molecule has 2 amide bonds. The first-order valence-electron chi connectivity index (χ1n) is 7.11. The van der Waals surface area contributed by atoms with Crippen LogP contribution in [0.25, 0.3) is 0 Å². The van der Waals surface area contributed by atoms with Crippen LogP contribution in [0.1, 0.15) is 46.5 Å². The van der Waals surface area contributed by atoms with Gasteiger partial charge in [-0.1, -0.05) is 33.1 Å². The van der Waals surface area contributed by atoms with Crippen LogP contribution in [-0.2, 0) is 9.59 Å². The lowest BCUT2D eigenvalue weighted by Crippen LogP contribution is -2.64. The van der Waals surface area contributed by atoms with Crippen LogP contribution in [0.2, 0.25) is 0 Å². The van der Waals surface area contributed by atoms with Crippen LogP contribution in [0, 0.1) is 11.8 Å². The van der Waals surface area contributed by atoms with Crippen molar-refractivity contribution in [1.29, 1.82) is 0 Å². The minimum atomic E-state index is -0.367. The minimum absolute atomic E-state index is 0.00529. The van der Waals surface area contributed by atoms with Crippen molar-refractivity contribution in [2.24, 2.45) is 11.8 Å². The van der Waals surface area contributed by atoms with E-state index in [9.17, 15) is 9.59 Å². The lowest BCUT2D eigenvalue weighted by Gasteiger charge is -2.41. The standard InChI is InChI=1S/C14H24N2O2/c1-9(2)12-13(17)15-10(3)14(18)16(12)8-7-11-5-4-6-11/h9-12H,4-8H2,1-3H3,(H,15,17). The number of carbonyl (C=O) groups is 2. The summed E-state index contributed by atoms with van der Waals surface area (Å²) in [5, 5.41) is 2.78. The fourth-order valence-corrected chi connectivity index (χ4v) is 2.90. The molecule has 102 valence electrons. The molecular weight excluding hydrogens is 228 g/mol. The molecule has 2 atom stereocenters. The molecule has 1 saturated carbocycles. The van der Waals surface area contributed by atoms with Crippen molar-refractivity contribution < 1.29 is 9.59 Å². The Balaban J connectivity index is 2.03. The van der Waals surface area contributed by atoms with Crippen molar-refractivity contribution in [2.45, 2.75) is 58.5 Å². The van der Waals surface area contributed by atoms with Crippen LogP contribution in [0.5, 0.6) is 0 Å². The summed E-state index contributed by atoms with van der Waals surface area (Å²) in [5.74, 6) is 1.02. The first-order valence-corrected chi connectivity index (χ1v) is 7.11. The fourth-order valence-electron chi connectivity index (χ4n) is 2.90. The first kappa shape index (κ1) is 13.4. The normalized spacial score (nSPS) is 29.4. The zero-order valence-corrected chi connectivity index (χ0v) is 11.6. The van der Waals surface area contributed by atoms with Crippen molar-refractivity contribution >= 4 is 11.8 Å². The monoisotopic (exact) mass is 252 g/mol. The van der Waals surface area contributed by atoms with Crippen molar-refractivity contribution in [3.05, 3.63) is 0 Å². The molecule has 0 radical (unpaired) electrons. The molecule has 2 unspecified atom stereocenters. The Kier molecular flexibility index (Phi) is 3.93. The number of nitrogens with one attached hydrogen (secondary N) is 1. The second-order valence-electron chi connectivity index (χ2n) is 6.04. The molecule has 2 rings (SSSR count). The molecule has 0 aromatic carbocycles. The molecule has 2 fully saturated rings. The molecule has 1 saturated heterocycles. The second-order valence-corrected chi connectivity index (χ2v) is 6.04. The van der Waals surface area contributed by atoms with E-state index in [0.29, 0.717) is 0 Å². The van der Waals surface area contributed by atoms with Crippen LogP contribution in [0.15, 0.2) is 0 Å². The Morgan fingerprint density at radius 1 is 1.33 bits per heavy atom. The lowest BCUT2D eigenvalue weighted by atomic mass is 9.82. The van der Waals surface area contributed by atoms with Gasteiger partial charge in [0.1, 0.15) is 12.1 Å². The SMILES string of the molecule is CC1NC(=O)C(C(C)C)N(CCC2CCC2)C1=O. The number of rotatable bonds is 4. The summed E-state index contributed by atoms with van der Waals surface area (Å²) in [5.41, 5.74) is 0. The van der Waals surface area contributed by atoms with Gasteiger partial charge in [-0.15, -0.1) is 0 Å². The van der Waals surface area contributed by atoms with Crippen LogP contribution >= 0.6 is 0 Å². The summed E-state index contributed by atoms with van der Waals surface area (Å²) in [6.07, 6.45) is 4.95. The lowest BCUT2D eigenvalue weighted by molar-refractivity contribution is -0.150. The molecule has 0 aromatic rings. The predicted molar refractivity (Wildman–Crippen MR) is 69.9 cm³/mol. The summed E-state index contributed by atoms with van der Waals surface area (Å²) in [7, 11) is 0. The number of hydrogen-bond acceptors (Lipinski definition) is 2. The van der Waals surface area contributed by atoms with E-state index in [1.807, 2.05) is 18.7 Å². The fraction of sp³-hybridized carbons (Fsp3) is 0.857. The van der Waals surface area contributed by atoms with Crippen molar-refractivity contribution in [1.82, 2.24) is 10.2 Å². The molecule has 1 aliphatic carbocycles. The molecule has 2 aliphatic rings. The molecular formula is C14H24N2O2. The first-order chi connectivity index (χ1) is 8.50. The second kappa shape index (κ2) is 5.29. The summed E-state index contributed by atoms with van der Waals surface area (Å²) >= 11 is 0. The highest BCUT2D eigenvalue weighted by molar-refractivity contribution is 5.96. The third kappa shape index (κ3) is 2.52. The highest BCUT2D eigenvalue weighted by atomic mass is 16.2. The molecule has 0 spiro atoms. The van der Waals surface area contributed by atoms with Crippen LogP contribution in [0.3, 0.4) is 0 Å². The molecule has 1 aliphatic heterocycles. The molecule has 0 aromatic heterocycles. The molecule has 4 nitrogen and oxygen atoms in total. The minimum Gasteiger partial charge on any atom is -0.343 e. The Hall–Kier alpha value is -1.06. The van der Waals surface area contributed by atoms with Gasteiger partial charge in [0.25, 0.3) is 0 Å². The van der Waals surface area contributed by atoms with Gasteiger partial charge in [-0.2, -0.15) is 0 Å². The maximum Gasteiger partial charge on any atom is 0.245 e. The number of carbonyl (C=O) groups excluding carboxylic acids is 2. The van der Waals surface area contributed by atoms with Gasteiger partial charge in [-0.05, 0) is 25.2 Å². The van der Waals surface area contributed by atoms with E-state index in [2.05, 4.69) is 5.32 Å². The van der Waals surface area contributed by atoms with Gasteiger partial charge in [-0.3, -0.25) is 9.59 Å². The summed E-state index contributed by atoms with van der Waals surface area (Å²) < 4.78 is 0. The number of piperazine rings is 1. The largest absolute Gasteiger partial charge is 0.343 e. The highest BCUT2D eigenvalue weighted by Crippen LogP contribution is 2.30. The Bertz CT molecular complexity index is 337. The van der Waals surface area contributed by atoms with E-state index in [1.54, 1.807) is 6.92 Å². The van der Waals surface area contributed by atoms with E-state index >= 15 is 0 Å². The molecule has 18 heavy (non-hydrogen) atoms. The van der Waals surface area contributed by atoms with Gasteiger partial charge in [0.05, 0.1) is 0 Å². The van der Waals surface area contributed by atoms with E-state index in [1.165, 1.54) is 19.3 Å². The van der Waals surface area contributed by atoms with E-state index in [0.717, 1.165) is 18.9 Å². The van der Waals surface area contributed by atoms with Gasteiger partial charge >= 0.3 is 0 Å². The quantitative estimate of drug-likeness (QED) is 0.825. The average Bonchev–Trinajstić information content (AvgIpc) is 2.22. The zero-order valence-electron chi connectivity index (χ0n) is 11.6. The topological polar surface area (TPSA) is 49.4 Å². The van der Waals surface area contributed by atoms with E-state index in [4.69, 9.17) is 0 Å². The highest BCUT2D eigenvalue weighted by Gasteiger charge is 2.40. The number of nitrogens with zero attached hydrogens (tertiary/aromatic N) is 1. The van der Waals surface area contributed by atoms with Crippen LogP contribution in [0.4, 0.5) is 0 Å². The third-order valence-electron chi connectivity index (χ3n) is 4.25. The molecule has 4 heteroatoms. The summed E-state index contributed by atoms with van der Waals surface area (Å²) in [6, 6.07) is -0.650. The Morgan fingerprint density at radius 2 is 2.00 bits per heavy atom.